The van der Waals surface area contributed by atoms with Gasteiger partial charge in [-0.2, -0.15) is 0 Å². The minimum Gasteiger partial charge on any atom is -0.295 e. The van der Waals surface area contributed by atoms with Crippen LogP contribution in [0, 0.1) is 3.70 Å². The Kier molecular flexibility index (Phi) is 3.13. The van der Waals surface area contributed by atoms with Crippen molar-refractivity contribution in [2.75, 3.05) is 0 Å². The van der Waals surface area contributed by atoms with E-state index in [1.807, 2.05) is 22.6 Å². The van der Waals surface area contributed by atoms with Crippen molar-refractivity contribution in [3.8, 4) is 0 Å². The van der Waals surface area contributed by atoms with Crippen LogP contribution in [0.1, 0.15) is 34.7 Å². The SMILES string of the molecule is CC(=O)c1cc(I)nc(C(C)=O)c1. The first kappa shape index (κ1) is 10.3. The molecule has 0 aromatic carbocycles. The molecule has 0 aliphatic carbocycles. The van der Waals surface area contributed by atoms with Gasteiger partial charge in [0, 0.05) is 12.5 Å². The molecule has 0 atom stereocenters. The van der Waals surface area contributed by atoms with E-state index < -0.39 is 0 Å². The second kappa shape index (κ2) is 3.95. The number of hydrogen-bond donors (Lipinski definition) is 0. The highest BCUT2D eigenvalue weighted by molar-refractivity contribution is 14.1. The minimum absolute atomic E-state index is 0.0529. The molecule has 0 aliphatic rings. The van der Waals surface area contributed by atoms with Gasteiger partial charge in [-0.15, -0.1) is 0 Å². The Morgan fingerprint density at radius 1 is 1.23 bits per heavy atom. The summed E-state index contributed by atoms with van der Waals surface area (Å²) in [5.41, 5.74) is 0.877. The number of Topliss-reactive ketones (excluding diaryl/α,β-unsaturated/α-hetero) is 2. The summed E-state index contributed by atoms with van der Waals surface area (Å²) >= 11 is 1.98. The first-order valence-electron chi connectivity index (χ1n) is 3.70. The van der Waals surface area contributed by atoms with Gasteiger partial charge in [0.15, 0.2) is 11.6 Å². The van der Waals surface area contributed by atoms with Crippen LogP contribution in [-0.4, -0.2) is 16.6 Å². The Balaban J connectivity index is 3.26. The van der Waals surface area contributed by atoms with E-state index in [0.29, 0.717) is 15.0 Å². The standard InChI is InChI=1S/C9H8INO2/c1-5(12)7-3-8(6(2)13)11-9(10)4-7/h3-4H,1-2H3. The third-order valence-electron chi connectivity index (χ3n) is 1.56. The maximum Gasteiger partial charge on any atom is 0.178 e. The average molecular weight is 289 g/mol. The first-order chi connectivity index (χ1) is 6.00. The lowest BCUT2D eigenvalue weighted by Gasteiger charge is -1.99. The van der Waals surface area contributed by atoms with E-state index in [2.05, 4.69) is 4.98 Å². The van der Waals surface area contributed by atoms with Gasteiger partial charge in [0.05, 0.1) is 0 Å². The summed E-state index contributed by atoms with van der Waals surface area (Å²) in [7, 11) is 0. The number of rotatable bonds is 2. The van der Waals surface area contributed by atoms with Gasteiger partial charge in [-0.25, -0.2) is 4.98 Å². The zero-order valence-corrected chi connectivity index (χ0v) is 9.45. The molecule has 4 heteroatoms. The molecule has 0 amide bonds. The topological polar surface area (TPSA) is 47.0 Å². The Morgan fingerprint density at radius 2 is 1.85 bits per heavy atom. The van der Waals surface area contributed by atoms with Crippen LogP contribution >= 0.6 is 22.6 Å². The third kappa shape index (κ3) is 2.58. The summed E-state index contributed by atoms with van der Waals surface area (Å²) in [5, 5.41) is 0. The van der Waals surface area contributed by atoms with Gasteiger partial charge in [-0.1, -0.05) is 0 Å². The zero-order valence-electron chi connectivity index (χ0n) is 7.30. The number of halogens is 1. The molecule has 0 saturated heterocycles. The normalized spacial score (nSPS) is 9.77. The summed E-state index contributed by atoms with van der Waals surface area (Å²) in [5.74, 6) is -0.177. The predicted molar refractivity (Wildman–Crippen MR) is 57.0 cm³/mol. The fraction of sp³-hybridized carbons (Fsp3) is 0.222. The molecule has 0 spiro atoms. The van der Waals surface area contributed by atoms with Crippen molar-refractivity contribution >= 4 is 34.2 Å². The fourth-order valence-corrected chi connectivity index (χ4v) is 1.48. The van der Waals surface area contributed by atoms with E-state index in [1.165, 1.54) is 19.9 Å². The van der Waals surface area contributed by atoms with Crippen LogP contribution in [0.15, 0.2) is 12.1 Å². The fourth-order valence-electron chi connectivity index (χ4n) is 0.881. The van der Waals surface area contributed by atoms with E-state index in [9.17, 15) is 9.59 Å². The highest BCUT2D eigenvalue weighted by Gasteiger charge is 2.07. The second-order valence-electron chi connectivity index (χ2n) is 2.68. The Labute approximate surface area is 89.7 Å². The molecule has 1 rings (SSSR count). The second-order valence-corrected chi connectivity index (χ2v) is 3.78. The van der Waals surface area contributed by atoms with Gasteiger partial charge in [-0.3, -0.25) is 9.59 Å². The molecule has 0 fully saturated rings. The monoisotopic (exact) mass is 289 g/mol. The predicted octanol–water partition coefficient (Wildman–Crippen LogP) is 2.09. The smallest absolute Gasteiger partial charge is 0.178 e. The van der Waals surface area contributed by atoms with Crippen molar-refractivity contribution in [3.05, 3.63) is 27.1 Å². The molecule has 0 N–H and O–H groups in total. The van der Waals surface area contributed by atoms with E-state index in [0.717, 1.165) is 0 Å². The van der Waals surface area contributed by atoms with Crippen molar-refractivity contribution < 1.29 is 9.59 Å². The summed E-state index contributed by atoms with van der Waals surface area (Å²) in [6.45, 7) is 2.90. The van der Waals surface area contributed by atoms with Gasteiger partial charge in [0.25, 0.3) is 0 Å². The highest BCUT2D eigenvalue weighted by atomic mass is 127. The molecule has 0 unspecified atom stereocenters. The average Bonchev–Trinajstić information content (AvgIpc) is 2.03. The van der Waals surface area contributed by atoms with Crippen molar-refractivity contribution in [1.82, 2.24) is 4.98 Å². The lowest BCUT2D eigenvalue weighted by molar-refractivity contribution is 0.101. The molecule has 0 bridgehead atoms. The van der Waals surface area contributed by atoms with Gasteiger partial charge in [0.2, 0.25) is 0 Å². The Morgan fingerprint density at radius 3 is 2.31 bits per heavy atom. The highest BCUT2D eigenvalue weighted by Crippen LogP contribution is 2.09. The Hall–Kier alpha value is -0.780. The minimum atomic E-state index is -0.124. The van der Waals surface area contributed by atoms with E-state index in [4.69, 9.17) is 0 Å². The maximum atomic E-state index is 11.0. The largest absolute Gasteiger partial charge is 0.295 e. The van der Waals surface area contributed by atoms with Crippen LogP contribution in [0.2, 0.25) is 0 Å². The Bertz CT molecular complexity index is 342. The maximum absolute atomic E-state index is 11.0. The summed E-state index contributed by atoms with van der Waals surface area (Å²) in [4.78, 5) is 26.0. The summed E-state index contributed by atoms with van der Waals surface area (Å²) in [6.07, 6.45) is 0. The molecule has 1 heterocycles. The van der Waals surface area contributed by atoms with E-state index >= 15 is 0 Å². The molecule has 1 aromatic rings. The number of pyridine rings is 1. The number of carbonyl (C=O) groups is 2. The number of hydrogen-bond acceptors (Lipinski definition) is 3. The quantitative estimate of drug-likeness (QED) is 0.476. The van der Waals surface area contributed by atoms with Crippen molar-refractivity contribution in [2.45, 2.75) is 13.8 Å². The molecule has 0 saturated carbocycles. The number of carbonyl (C=O) groups excluding carboxylic acids is 2. The van der Waals surface area contributed by atoms with Crippen LogP contribution in [-0.2, 0) is 0 Å². The molecular formula is C9H8INO2. The van der Waals surface area contributed by atoms with E-state index in [1.54, 1.807) is 6.07 Å². The summed E-state index contributed by atoms with van der Waals surface area (Å²) < 4.78 is 0.663. The zero-order chi connectivity index (χ0) is 10.0. The molecule has 68 valence electrons. The van der Waals surface area contributed by atoms with Crippen LogP contribution in [0.25, 0.3) is 0 Å². The van der Waals surface area contributed by atoms with Gasteiger partial charge < -0.3 is 0 Å². The number of ketones is 2. The van der Waals surface area contributed by atoms with Gasteiger partial charge in [0.1, 0.15) is 9.39 Å². The molecule has 3 nitrogen and oxygen atoms in total. The van der Waals surface area contributed by atoms with Crippen LogP contribution < -0.4 is 0 Å². The molecule has 1 aromatic heterocycles. The summed E-state index contributed by atoms with van der Waals surface area (Å²) in [6, 6.07) is 3.18. The lowest BCUT2D eigenvalue weighted by atomic mass is 10.1. The number of aromatic nitrogens is 1. The van der Waals surface area contributed by atoms with Crippen molar-refractivity contribution in [3.63, 3.8) is 0 Å². The van der Waals surface area contributed by atoms with Gasteiger partial charge in [-0.05, 0) is 41.6 Å². The molecule has 0 radical (unpaired) electrons. The van der Waals surface area contributed by atoms with Crippen LogP contribution in [0.4, 0.5) is 0 Å². The van der Waals surface area contributed by atoms with Crippen LogP contribution in [0.5, 0.6) is 0 Å². The number of nitrogens with zero attached hydrogens (tertiary/aromatic N) is 1. The third-order valence-corrected chi connectivity index (χ3v) is 2.11. The first-order valence-corrected chi connectivity index (χ1v) is 4.78. The molecule has 0 aliphatic heterocycles. The molecular weight excluding hydrogens is 281 g/mol. The van der Waals surface area contributed by atoms with Crippen molar-refractivity contribution in [1.29, 1.82) is 0 Å². The molecule has 13 heavy (non-hydrogen) atoms. The van der Waals surface area contributed by atoms with Crippen molar-refractivity contribution in [2.24, 2.45) is 0 Å². The van der Waals surface area contributed by atoms with E-state index in [-0.39, 0.29) is 11.6 Å². The van der Waals surface area contributed by atoms with Gasteiger partial charge >= 0.3 is 0 Å². The van der Waals surface area contributed by atoms with Crippen LogP contribution in [0.3, 0.4) is 0 Å². The lowest BCUT2D eigenvalue weighted by Crippen LogP contribution is -2.02.